The van der Waals surface area contributed by atoms with E-state index in [1.807, 2.05) is 63.2 Å². The zero-order chi connectivity index (χ0) is 22.7. The van der Waals surface area contributed by atoms with Crippen molar-refractivity contribution >= 4 is 23.1 Å². The molecule has 7 nitrogen and oxygen atoms in total. The van der Waals surface area contributed by atoms with Gasteiger partial charge in [0.2, 0.25) is 5.95 Å². The van der Waals surface area contributed by atoms with Crippen molar-refractivity contribution in [3.63, 3.8) is 0 Å². The third-order valence-electron chi connectivity index (χ3n) is 5.48. The van der Waals surface area contributed by atoms with Gasteiger partial charge in [0, 0.05) is 19.1 Å². The first kappa shape index (κ1) is 21.7. The van der Waals surface area contributed by atoms with Gasteiger partial charge < -0.3 is 19.5 Å². The Kier molecular flexibility index (Phi) is 6.04. The molecule has 1 saturated heterocycles. The monoisotopic (exact) mass is 431 g/mol. The summed E-state index contributed by atoms with van der Waals surface area (Å²) in [6, 6.07) is 17.9. The van der Waals surface area contributed by atoms with Crippen LogP contribution in [0.1, 0.15) is 44.7 Å². The van der Waals surface area contributed by atoms with Crippen LogP contribution in [0.4, 0.5) is 10.7 Å². The molecule has 1 aromatic heterocycles. The Labute approximate surface area is 188 Å². The van der Waals surface area contributed by atoms with Crippen molar-refractivity contribution in [3.05, 3.63) is 59.7 Å². The first-order chi connectivity index (χ1) is 15.3. The van der Waals surface area contributed by atoms with Gasteiger partial charge in [-0.2, -0.15) is 5.26 Å². The van der Waals surface area contributed by atoms with Gasteiger partial charge in [-0.25, -0.2) is 9.78 Å². The Balaban J connectivity index is 1.55. The van der Waals surface area contributed by atoms with Crippen LogP contribution in [0.3, 0.4) is 0 Å². The van der Waals surface area contributed by atoms with Crippen LogP contribution in [0.2, 0.25) is 0 Å². The van der Waals surface area contributed by atoms with Crippen molar-refractivity contribution < 1.29 is 9.53 Å². The zero-order valence-electron chi connectivity index (χ0n) is 18.8. The van der Waals surface area contributed by atoms with E-state index in [0.29, 0.717) is 25.2 Å². The molecular weight excluding hydrogens is 402 g/mol. The molecule has 3 aromatic rings. The number of benzene rings is 2. The molecule has 0 radical (unpaired) electrons. The summed E-state index contributed by atoms with van der Waals surface area (Å²) in [5, 5.41) is 12.6. The number of nitriles is 1. The highest BCUT2D eigenvalue weighted by atomic mass is 16.6. The van der Waals surface area contributed by atoms with Crippen LogP contribution >= 0.6 is 0 Å². The zero-order valence-corrected chi connectivity index (χ0v) is 18.8. The number of nitrogens with one attached hydrogen (secondary N) is 1. The number of hydrogen-bond donors (Lipinski definition) is 1. The fourth-order valence-electron chi connectivity index (χ4n) is 3.98. The second-order valence-corrected chi connectivity index (χ2v) is 9.23. The molecule has 0 unspecified atom stereocenters. The number of amides is 1. The lowest BCUT2D eigenvalue weighted by molar-refractivity contribution is 0.0206. The highest BCUT2D eigenvalue weighted by Crippen LogP contribution is 2.24. The molecule has 0 bridgehead atoms. The minimum atomic E-state index is -0.507. The number of ether oxygens (including phenoxy) is 1. The maximum Gasteiger partial charge on any atom is 0.410 e. The number of hydrogen-bond acceptors (Lipinski definition) is 5. The fourth-order valence-corrected chi connectivity index (χ4v) is 3.98. The summed E-state index contributed by atoms with van der Waals surface area (Å²) in [6.07, 6.45) is 1.60. The van der Waals surface area contributed by atoms with Crippen LogP contribution in [-0.4, -0.2) is 45.3 Å². The number of anilines is 1. The Morgan fingerprint density at radius 3 is 2.69 bits per heavy atom. The molecular formula is C25H29N5O2. The number of piperidine rings is 1. The minimum absolute atomic E-state index is 0.0906. The van der Waals surface area contributed by atoms with E-state index in [4.69, 9.17) is 15.0 Å². The van der Waals surface area contributed by atoms with Crippen LogP contribution in [0.25, 0.3) is 11.0 Å². The average molecular weight is 432 g/mol. The van der Waals surface area contributed by atoms with Gasteiger partial charge in [-0.1, -0.05) is 24.3 Å². The Hall–Kier alpha value is -3.53. The molecule has 1 fully saturated rings. The van der Waals surface area contributed by atoms with Crippen LogP contribution in [0.15, 0.2) is 48.5 Å². The molecule has 166 valence electrons. The molecule has 7 heteroatoms. The number of likely N-dealkylation sites (tertiary alicyclic amines) is 1. The van der Waals surface area contributed by atoms with Crippen molar-refractivity contribution in [1.29, 1.82) is 5.26 Å². The van der Waals surface area contributed by atoms with Crippen molar-refractivity contribution in [1.82, 2.24) is 14.5 Å². The van der Waals surface area contributed by atoms with Crippen LogP contribution in [0.5, 0.6) is 0 Å². The summed E-state index contributed by atoms with van der Waals surface area (Å²) in [5.74, 6) is 0.784. The Morgan fingerprint density at radius 1 is 1.22 bits per heavy atom. The lowest BCUT2D eigenvalue weighted by atomic mass is 10.1. The molecule has 0 spiro atoms. The molecule has 1 aliphatic heterocycles. The quantitative estimate of drug-likeness (QED) is 0.643. The van der Waals surface area contributed by atoms with Gasteiger partial charge in [0.1, 0.15) is 5.60 Å². The van der Waals surface area contributed by atoms with Gasteiger partial charge in [0.05, 0.1) is 29.2 Å². The summed E-state index contributed by atoms with van der Waals surface area (Å²) < 4.78 is 7.72. The van der Waals surface area contributed by atoms with E-state index in [-0.39, 0.29) is 12.1 Å². The summed E-state index contributed by atoms with van der Waals surface area (Å²) in [4.78, 5) is 19.2. The molecule has 2 heterocycles. The molecule has 1 N–H and O–H groups in total. The summed E-state index contributed by atoms with van der Waals surface area (Å²) in [7, 11) is 0. The van der Waals surface area contributed by atoms with Gasteiger partial charge >= 0.3 is 6.09 Å². The van der Waals surface area contributed by atoms with E-state index in [1.54, 1.807) is 4.90 Å². The normalized spacial score (nSPS) is 16.6. The third kappa shape index (κ3) is 5.02. The van der Waals surface area contributed by atoms with Crippen molar-refractivity contribution in [2.24, 2.45) is 0 Å². The van der Waals surface area contributed by atoms with E-state index in [1.165, 1.54) is 0 Å². The van der Waals surface area contributed by atoms with Crippen LogP contribution in [-0.2, 0) is 11.3 Å². The van der Waals surface area contributed by atoms with Crippen LogP contribution < -0.4 is 5.32 Å². The molecule has 0 aliphatic carbocycles. The first-order valence-electron chi connectivity index (χ1n) is 11.0. The molecule has 32 heavy (non-hydrogen) atoms. The minimum Gasteiger partial charge on any atom is -0.444 e. The summed E-state index contributed by atoms with van der Waals surface area (Å²) in [5.41, 5.74) is 3.19. The number of fused-ring (bicyclic) bond motifs is 1. The van der Waals surface area contributed by atoms with Crippen LogP contribution in [0, 0.1) is 11.3 Å². The number of rotatable bonds is 4. The number of para-hydroxylation sites is 2. The van der Waals surface area contributed by atoms with Crippen molar-refractivity contribution in [3.8, 4) is 6.07 Å². The predicted octanol–water partition coefficient (Wildman–Crippen LogP) is 4.77. The molecule has 0 saturated carbocycles. The Morgan fingerprint density at radius 2 is 1.97 bits per heavy atom. The average Bonchev–Trinajstić information content (AvgIpc) is 3.10. The topological polar surface area (TPSA) is 83.2 Å². The summed E-state index contributed by atoms with van der Waals surface area (Å²) >= 11 is 0. The highest BCUT2D eigenvalue weighted by Gasteiger charge is 2.28. The standard InChI is InChI=1S/C25H29N5O2/c1-25(2,3)32-24(31)29-14-6-7-20(17-29)27-23-28-21-8-4-5-9-22(21)30(23)16-19-12-10-18(15-26)11-13-19/h4-5,8-13,20H,6-7,14,16-17H2,1-3H3,(H,27,28)/t20-/m1/s1. The van der Waals surface area contributed by atoms with E-state index < -0.39 is 5.60 Å². The molecule has 1 amide bonds. The number of carbonyl (C=O) groups is 1. The van der Waals surface area contributed by atoms with Crippen molar-refractivity contribution in [2.75, 3.05) is 18.4 Å². The Bertz CT molecular complexity index is 1140. The van der Waals surface area contributed by atoms with E-state index >= 15 is 0 Å². The summed E-state index contributed by atoms with van der Waals surface area (Å²) in [6.45, 7) is 7.57. The lowest BCUT2D eigenvalue weighted by Gasteiger charge is -2.34. The maximum atomic E-state index is 12.5. The molecule has 2 aromatic carbocycles. The fraction of sp³-hybridized carbons (Fsp3) is 0.400. The van der Waals surface area contributed by atoms with E-state index in [0.717, 1.165) is 35.4 Å². The van der Waals surface area contributed by atoms with E-state index in [9.17, 15) is 4.79 Å². The highest BCUT2D eigenvalue weighted by molar-refractivity contribution is 5.79. The second kappa shape index (κ2) is 8.91. The largest absolute Gasteiger partial charge is 0.444 e. The maximum absolute atomic E-state index is 12.5. The van der Waals surface area contributed by atoms with Gasteiger partial charge in [-0.15, -0.1) is 0 Å². The first-order valence-corrected chi connectivity index (χ1v) is 11.0. The number of nitrogens with zero attached hydrogens (tertiary/aromatic N) is 4. The van der Waals surface area contributed by atoms with Gasteiger partial charge in [0.15, 0.2) is 0 Å². The van der Waals surface area contributed by atoms with Gasteiger partial charge in [-0.3, -0.25) is 0 Å². The number of imidazole rings is 1. The van der Waals surface area contributed by atoms with Gasteiger partial charge in [-0.05, 0) is 63.4 Å². The second-order valence-electron chi connectivity index (χ2n) is 9.23. The molecule has 4 rings (SSSR count). The SMILES string of the molecule is CC(C)(C)OC(=O)N1CCC[C@@H](Nc2nc3ccccc3n2Cc2ccc(C#N)cc2)C1. The third-order valence-corrected chi connectivity index (χ3v) is 5.48. The lowest BCUT2D eigenvalue weighted by Crippen LogP contribution is -2.47. The van der Waals surface area contributed by atoms with E-state index in [2.05, 4.69) is 22.0 Å². The smallest absolute Gasteiger partial charge is 0.410 e. The van der Waals surface area contributed by atoms with Gasteiger partial charge in [0.25, 0.3) is 0 Å². The predicted molar refractivity (Wildman–Crippen MR) is 124 cm³/mol. The number of aromatic nitrogens is 2. The number of carbonyl (C=O) groups excluding carboxylic acids is 1. The molecule has 1 atom stereocenters. The van der Waals surface area contributed by atoms with Crippen molar-refractivity contribution in [2.45, 2.75) is 51.8 Å². The molecule has 1 aliphatic rings.